The summed E-state index contributed by atoms with van der Waals surface area (Å²) in [5, 5.41) is 13.5. The van der Waals surface area contributed by atoms with E-state index >= 15 is 0 Å². The van der Waals surface area contributed by atoms with Crippen molar-refractivity contribution in [3.63, 3.8) is 0 Å². The highest BCUT2D eigenvalue weighted by Gasteiger charge is 2.13. The average Bonchev–Trinajstić information content (AvgIpc) is 2.94. The summed E-state index contributed by atoms with van der Waals surface area (Å²) >= 11 is 7.12. The van der Waals surface area contributed by atoms with Crippen LogP contribution in [0, 0.1) is 11.3 Å². The minimum Gasteiger partial charge on any atom is -0.482 e. The second kappa shape index (κ2) is 6.93. The van der Waals surface area contributed by atoms with Crippen molar-refractivity contribution in [3.8, 4) is 11.8 Å². The summed E-state index contributed by atoms with van der Waals surface area (Å²) in [7, 11) is 0. The van der Waals surface area contributed by atoms with E-state index in [-0.39, 0.29) is 22.9 Å². The third-order valence-corrected chi connectivity index (χ3v) is 3.73. The summed E-state index contributed by atoms with van der Waals surface area (Å²) in [6.45, 7) is -0.290. The number of amides is 2. The van der Waals surface area contributed by atoms with Gasteiger partial charge in [-0.1, -0.05) is 11.6 Å². The molecule has 22 heavy (non-hydrogen) atoms. The van der Waals surface area contributed by atoms with Gasteiger partial charge in [-0.2, -0.15) is 5.26 Å². The number of rotatable bonds is 5. The fourth-order valence-electron chi connectivity index (χ4n) is 1.59. The number of nitrogens with two attached hydrogens (primary N) is 1. The van der Waals surface area contributed by atoms with Crippen LogP contribution in [0.4, 0.5) is 5.00 Å². The van der Waals surface area contributed by atoms with Gasteiger partial charge in [0, 0.05) is 0 Å². The first kappa shape index (κ1) is 15.8. The molecule has 0 radical (unpaired) electrons. The number of nitrogens with one attached hydrogen (secondary N) is 1. The molecule has 8 heteroatoms. The average molecular weight is 336 g/mol. The molecule has 6 nitrogen and oxygen atoms in total. The van der Waals surface area contributed by atoms with Crippen LogP contribution in [0.1, 0.15) is 15.9 Å². The largest absolute Gasteiger partial charge is 0.482 e. The van der Waals surface area contributed by atoms with Gasteiger partial charge in [0.05, 0.1) is 22.2 Å². The number of carbonyl (C=O) groups is 2. The molecule has 0 aliphatic rings. The molecule has 2 amide bonds. The van der Waals surface area contributed by atoms with Gasteiger partial charge in [-0.3, -0.25) is 9.59 Å². The van der Waals surface area contributed by atoms with E-state index in [1.165, 1.54) is 35.6 Å². The van der Waals surface area contributed by atoms with Gasteiger partial charge in [-0.15, -0.1) is 11.3 Å². The zero-order chi connectivity index (χ0) is 16.1. The van der Waals surface area contributed by atoms with Gasteiger partial charge in [0.25, 0.3) is 11.8 Å². The van der Waals surface area contributed by atoms with Crippen molar-refractivity contribution in [2.24, 2.45) is 5.73 Å². The number of hydrogen-bond donors (Lipinski definition) is 2. The fraction of sp³-hybridized carbons (Fsp3) is 0.0714. The van der Waals surface area contributed by atoms with Gasteiger partial charge >= 0.3 is 0 Å². The minimum atomic E-state index is -0.618. The van der Waals surface area contributed by atoms with Crippen molar-refractivity contribution in [3.05, 3.63) is 45.8 Å². The monoisotopic (exact) mass is 335 g/mol. The van der Waals surface area contributed by atoms with Crippen molar-refractivity contribution in [1.29, 1.82) is 5.26 Å². The Labute approximate surface area is 135 Å². The molecule has 3 N–H and O–H groups in total. The van der Waals surface area contributed by atoms with Crippen LogP contribution in [0.15, 0.2) is 29.6 Å². The van der Waals surface area contributed by atoms with Crippen molar-refractivity contribution >= 4 is 39.8 Å². The minimum absolute atomic E-state index is 0.237. The predicted octanol–water partition coefficient (Wildman–Crippen LogP) is 2.39. The Bertz CT molecular complexity index is 767. The molecule has 1 heterocycles. The summed E-state index contributed by atoms with van der Waals surface area (Å²) in [5.74, 6) is -0.782. The smallest absolute Gasteiger partial charge is 0.262 e. The van der Waals surface area contributed by atoms with E-state index in [1.54, 1.807) is 5.38 Å². The first-order chi connectivity index (χ1) is 10.5. The maximum atomic E-state index is 11.8. The third kappa shape index (κ3) is 3.75. The van der Waals surface area contributed by atoms with Crippen LogP contribution in [-0.4, -0.2) is 18.4 Å². The highest BCUT2D eigenvalue weighted by molar-refractivity contribution is 7.14. The lowest BCUT2D eigenvalue weighted by Crippen LogP contribution is -2.21. The van der Waals surface area contributed by atoms with E-state index in [0.717, 1.165) is 0 Å². The second-order valence-electron chi connectivity index (χ2n) is 4.12. The van der Waals surface area contributed by atoms with Crippen LogP contribution in [0.5, 0.6) is 5.75 Å². The second-order valence-corrected chi connectivity index (χ2v) is 5.44. The van der Waals surface area contributed by atoms with Gasteiger partial charge in [0.15, 0.2) is 6.61 Å². The van der Waals surface area contributed by atoms with E-state index < -0.39 is 11.8 Å². The highest BCUT2D eigenvalue weighted by Crippen LogP contribution is 2.26. The van der Waals surface area contributed by atoms with E-state index in [0.29, 0.717) is 10.6 Å². The molecule has 0 atom stereocenters. The molecular formula is C14H10ClN3O3S. The number of anilines is 1. The van der Waals surface area contributed by atoms with E-state index in [9.17, 15) is 9.59 Å². The third-order valence-electron chi connectivity index (χ3n) is 2.60. The Morgan fingerprint density at radius 2 is 2.18 bits per heavy atom. The summed E-state index contributed by atoms with van der Waals surface area (Å²) in [4.78, 5) is 23.0. The van der Waals surface area contributed by atoms with Crippen LogP contribution in [0.25, 0.3) is 0 Å². The fourth-order valence-corrected chi connectivity index (χ4v) is 2.64. The Hall–Kier alpha value is -2.56. The first-order valence-electron chi connectivity index (χ1n) is 6.01. The lowest BCUT2D eigenvalue weighted by molar-refractivity contribution is -0.118. The Morgan fingerprint density at radius 3 is 2.82 bits per heavy atom. The lowest BCUT2D eigenvalue weighted by atomic mass is 10.2. The maximum absolute atomic E-state index is 11.8. The van der Waals surface area contributed by atoms with E-state index in [4.69, 9.17) is 27.3 Å². The molecule has 2 rings (SSSR count). The standard InChI is InChI=1S/C14H10ClN3O3S/c15-10-5-8(6-16)1-2-11(10)21-7-12(19)18-14-9(13(17)20)3-4-22-14/h1-5H,7H2,(H2,17,20)(H,18,19). The SMILES string of the molecule is N#Cc1ccc(OCC(=O)Nc2sccc2C(N)=O)c(Cl)c1. The van der Waals surface area contributed by atoms with Gasteiger partial charge in [0.1, 0.15) is 10.8 Å². The topological polar surface area (TPSA) is 105 Å². The Kier molecular flexibility index (Phi) is 4.99. The predicted molar refractivity (Wildman–Crippen MR) is 83.1 cm³/mol. The Morgan fingerprint density at radius 1 is 1.41 bits per heavy atom. The van der Waals surface area contributed by atoms with Crippen molar-refractivity contribution < 1.29 is 14.3 Å². The molecular weight excluding hydrogens is 326 g/mol. The normalized spacial score (nSPS) is 9.82. The molecule has 112 valence electrons. The molecule has 0 fully saturated rings. The molecule has 2 aromatic rings. The molecule has 0 unspecified atom stereocenters. The van der Waals surface area contributed by atoms with Crippen LogP contribution >= 0.6 is 22.9 Å². The van der Waals surface area contributed by atoms with Crippen molar-refractivity contribution in [1.82, 2.24) is 0 Å². The molecule has 0 aliphatic heterocycles. The van der Waals surface area contributed by atoms with Crippen LogP contribution in [0.3, 0.4) is 0 Å². The quantitative estimate of drug-likeness (QED) is 0.875. The number of nitriles is 1. The zero-order valence-electron chi connectivity index (χ0n) is 11.1. The van der Waals surface area contributed by atoms with Crippen LogP contribution in [0.2, 0.25) is 5.02 Å². The number of ether oxygens (including phenoxy) is 1. The summed E-state index contributed by atoms with van der Waals surface area (Å²) in [6, 6.07) is 7.96. The van der Waals surface area contributed by atoms with Crippen LogP contribution < -0.4 is 15.8 Å². The summed E-state index contributed by atoms with van der Waals surface area (Å²) < 4.78 is 5.28. The summed E-state index contributed by atoms with van der Waals surface area (Å²) in [5.41, 5.74) is 5.83. The van der Waals surface area contributed by atoms with Gasteiger partial charge in [-0.25, -0.2) is 0 Å². The number of thiophene rings is 1. The van der Waals surface area contributed by atoms with Gasteiger partial charge in [-0.05, 0) is 29.6 Å². The Balaban J connectivity index is 1.97. The molecule has 1 aromatic heterocycles. The van der Waals surface area contributed by atoms with Crippen molar-refractivity contribution in [2.45, 2.75) is 0 Å². The molecule has 0 aliphatic carbocycles. The number of benzene rings is 1. The molecule has 1 aromatic carbocycles. The number of hydrogen-bond acceptors (Lipinski definition) is 5. The number of nitrogens with zero attached hydrogens (tertiary/aromatic N) is 1. The number of carbonyl (C=O) groups excluding carboxylic acids is 2. The van der Waals surface area contributed by atoms with E-state index in [2.05, 4.69) is 5.32 Å². The van der Waals surface area contributed by atoms with Gasteiger partial charge < -0.3 is 15.8 Å². The molecule has 0 saturated carbocycles. The number of primary amides is 1. The van der Waals surface area contributed by atoms with Gasteiger partial charge in [0.2, 0.25) is 0 Å². The maximum Gasteiger partial charge on any atom is 0.262 e. The number of halogens is 1. The molecule has 0 spiro atoms. The zero-order valence-corrected chi connectivity index (χ0v) is 12.7. The van der Waals surface area contributed by atoms with E-state index in [1.807, 2.05) is 6.07 Å². The van der Waals surface area contributed by atoms with Crippen molar-refractivity contribution in [2.75, 3.05) is 11.9 Å². The summed E-state index contributed by atoms with van der Waals surface area (Å²) in [6.07, 6.45) is 0. The molecule has 0 bridgehead atoms. The first-order valence-corrected chi connectivity index (χ1v) is 7.26. The highest BCUT2D eigenvalue weighted by atomic mass is 35.5. The lowest BCUT2D eigenvalue weighted by Gasteiger charge is -2.08. The van der Waals surface area contributed by atoms with Crippen LogP contribution in [-0.2, 0) is 4.79 Å². The molecule has 0 saturated heterocycles.